The van der Waals surface area contributed by atoms with E-state index in [0.717, 1.165) is 25.1 Å². The molecule has 1 unspecified atom stereocenters. The van der Waals surface area contributed by atoms with Gasteiger partial charge in [0.15, 0.2) is 0 Å². The van der Waals surface area contributed by atoms with Gasteiger partial charge in [-0.1, -0.05) is 0 Å². The number of likely N-dealkylation sites (N-methyl/N-ethyl adjacent to an activating group) is 1. The summed E-state index contributed by atoms with van der Waals surface area (Å²) in [5, 5.41) is 0. The van der Waals surface area contributed by atoms with Crippen LogP contribution in [0, 0.1) is 0 Å². The number of carbonyl (C=O) groups excluding carboxylic acids is 1. The summed E-state index contributed by atoms with van der Waals surface area (Å²) in [7, 11) is 1.84. The fourth-order valence-electron chi connectivity index (χ4n) is 2.15. The van der Waals surface area contributed by atoms with E-state index in [1.54, 1.807) is 17.3 Å². The van der Waals surface area contributed by atoms with Crippen LogP contribution in [0.2, 0.25) is 0 Å². The van der Waals surface area contributed by atoms with Gasteiger partial charge in [0.25, 0.3) is 0 Å². The molecule has 2 N–H and O–H groups in total. The van der Waals surface area contributed by atoms with E-state index in [1.165, 1.54) is 0 Å². The Balaban J connectivity index is 2.09. The predicted molar refractivity (Wildman–Crippen MR) is 65.4 cm³/mol. The van der Waals surface area contributed by atoms with Gasteiger partial charge >= 0.3 is 6.03 Å². The highest BCUT2D eigenvalue weighted by Crippen LogP contribution is 2.27. The van der Waals surface area contributed by atoms with E-state index in [0.29, 0.717) is 6.54 Å². The van der Waals surface area contributed by atoms with Crippen molar-refractivity contribution in [3.05, 3.63) is 30.1 Å². The summed E-state index contributed by atoms with van der Waals surface area (Å²) >= 11 is 0. The molecule has 1 aliphatic heterocycles. The molecule has 5 nitrogen and oxygen atoms in total. The number of urea groups is 1. The van der Waals surface area contributed by atoms with Crippen molar-refractivity contribution in [3.63, 3.8) is 0 Å². The molecule has 0 saturated carbocycles. The Morgan fingerprint density at radius 3 is 2.82 bits per heavy atom. The lowest BCUT2D eigenvalue weighted by Crippen LogP contribution is -2.31. The molecule has 2 heterocycles. The summed E-state index contributed by atoms with van der Waals surface area (Å²) in [6, 6.07) is 4.13. The smallest absolute Gasteiger partial charge is 0.320 e. The predicted octanol–water partition coefficient (Wildman–Crippen LogP) is 0.839. The second-order valence-electron chi connectivity index (χ2n) is 4.28. The van der Waals surface area contributed by atoms with Gasteiger partial charge in [0.05, 0.1) is 6.04 Å². The Kier molecular flexibility index (Phi) is 3.58. The second kappa shape index (κ2) is 5.14. The van der Waals surface area contributed by atoms with Crippen LogP contribution in [0.15, 0.2) is 24.5 Å². The van der Waals surface area contributed by atoms with E-state index in [2.05, 4.69) is 4.98 Å². The number of amides is 2. The molecule has 1 saturated heterocycles. The zero-order valence-electron chi connectivity index (χ0n) is 10.0. The maximum Gasteiger partial charge on any atom is 0.320 e. The number of hydrogen-bond donors (Lipinski definition) is 1. The maximum atomic E-state index is 12.0. The van der Waals surface area contributed by atoms with Crippen molar-refractivity contribution in [1.29, 1.82) is 0 Å². The Morgan fingerprint density at radius 1 is 1.47 bits per heavy atom. The van der Waals surface area contributed by atoms with E-state index in [9.17, 15) is 4.79 Å². The van der Waals surface area contributed by atoms with E-state index in [4.69, 9.17) is 5.73 Å². The van der Waals surface area contributed by atoms with Crippen molar-refractivity contribution in [2.45, 2.75) is 12.5 Å². The molecule has 0 aliphatic carbocycles. The zero-order valence-corrected chi connectivity index (χ0v) is 10.0. The third kappa shape index (κ3) is 2.39. The van der Waals surface area contributed by atoms with Gasteiger partial charge in [-0.25, -0.2) is 4.79 Å². The molecule has 1 aliphatic rings. The van der Waals surface area contributed by atoms with Crippen LogP contribution in [-0.2, 0) is 0 Å². The van der Waals surface area contributed by atoms with Crippen molar-refractivity contribution in [2.75, 3.05) is 26.7 Å². The quantitative estimate of drug-likeness (QED) is 0.839. The fourth-order valence-corrected chi connectivity index (χ4v) is 2.15. The Bertz CT molecular complexity index is 381. The first kappa shape index (κ1) is 11.9. The summed E-state index contributed by atoms with van der Waals surface area (Å²) in [5.41, 5.74) is 6.60. The van der Waals surface area contributed by atoms with E-state index < -0.39 is 0 Å². The summed E-state index contributed by atoms with van der Waals surface area (Å²) in [5.74, 6) is 0. The summed E-state index contributed by atoms with van der Waals surface area (Å²) in [4.78, 5) is 19.6. The van der Waals surface area contributed by atoms with Gasteiger partial charge in [0, 0.05) is 32.5 Å². The molecule has 1 atom stereocenters. The van der Waals surface area contributed by atoms with Crippen LogP contribution < -0.4 is 5.73 Å². The molecule has 1 aromatic heterocycles. The topological polar surface area (TPSA) is 62.5 Å². The van der Waals surface area contributed by atoms with Crippen LogP contribution in [-0.4, -0.2) is 47.5 Å². The van der Waals surface area contributed by atoms with Crippen LogP contribution in [0.25, 0.3) is 0 Å². The Hall–Kier alpha value is -1.62. The Labute approximate surface area is 101 Å². The number of nitrogens with two attached hydrogens (primary N) is 1. The van der Waals surface area contributed by atoms with Gasteiger partial charge in [-0.2, -0.15) is 0 Å². The summed E-state index contributed by atoms with van der Waals surface area (Å²) in [6.07, 6.45) is 4.37. The molecule has 0 radical (unpaired) electrons. The number of pyridine rings is 1. The first-order valence-corrected chi connectivity index (χ1v) is 5.85. The fraction of sp³-hybridized carbons (Fsp3) is 0.500. The molecular formula is C12H18N4O. The largest absolute Gasteiger partial charge is 0.330 e. The minimum atomic E-state index is 0.0836. The molecule has 0 aromatic carbocycles. The molecule has 1 fully saturated rings. The van der Waals surface area contributed by atoms with Gasteiger partial charge in [-0.05, 0) is 30.7 Å². The molecule has 0 spiro atoms. The number of rotatable bonds is 4. The molecule has 2 rings (SSSR count). The monoisotopic (exact) mass is 234 g/mol. The minimum absolute atomic E-state index is 0.0836. The maximum absolute atomic E-state index is 12.0. The average molecular weight is 234 g/mol. The van der Waals surface area contributed by atoms with Crippen LogP contribution in [0.1, 0.15) is 18.0 Å². The lowest BCUT2D eigenvalue weighted by molar-refractivity contribution is 0.195. The van der Waals surface area contributed by atoms with Crippen LogP contribution in [0.4, 0.5) is 4.79 Å². The molecule has 92 valence electrons. The van der Waals surface area contributed by atoms with Crippen LogP contribution in [0.3, 0.4) is 0 Å². The van der Waals surface area contributed by atoms with Crippen LogP contribution >= 0.6 is 0 Å². The summed E-state index contributed by atoms with van der Waals surface area (Å²) in [6.45, 7) is 2.09. The van der Waals surface area contributed by atoms with Gasteiger partial charge in [0.1, 0.15) is 0 Å². The lowest BCUT2D eigenvalue weighted by Gasteiger charge is -2.17. The zero-order chi connectivity index (χ0) is 12.3. The third-order valence-electron chi connectivity index (χ3n) is 3.16. The van der Waals surface area contributed by atoms with Crippen LogP contribution in [0.5, 0.6) is 0 Å². The van der Waals surface area contributed by atoms with Crippen molar-refractivity contribution < 1.29 is 4.79 Å². The number of aromatic nitrogens is 1. The van der Waals surface area contributed by atoms with Gasteiger partial charge < -0.3 is 15.5 Å². The highest BCUT2D eigenvalue weighted by Gasteiger charge is 2.34. The Morgan fingerprint density at radius 2 is 2.18 bits per heavy atom. The lowest BCUT2D eigenvalue weighted by atomic mass is 10.1. The van der Waals surface area contributed by atoms with Crippen molar-refractivity contribution in [2.24, 2.45) is 5.73 Å². The first-order valence-electron chi connectivity index (χ1n) is 5.85. The second-order valence-corrected chi connectivity index (χ2v) is 4.28. The van der Waals surface area contributed by atoms with E-state index in [1.807, 2.05) is 24.1 Å². The van der Waals surface area contributed by atoms with Gasteiger partial charge in [0.2, 0.25) is 0 Å². The average Bonchev–Trinajstić information content (AvgIpc) is 2.65. The number of nitrogens with zero attached hydrogens (tertiary/aromatic N) is 3. The molecular weight excluding hydrogens is 216 g/mol. The number of hydrogen-bond acceptors (Lipinski definition) is 3. The molecule has 2 amide bonds. The first-order chi connectivity index (χ1) is 8.24. The molecule has 1 aromatic rings. The highest BCUT2D eigenvalue weighted by molar-refractivity contribution is 5.77. The van der Waals surface area contributed by atoms with Gasteiger partial charge in [-0.15, -0.1) is 0 Å². The molecule has 0 bridgehead atoms. The highest BCUT2D eigenvalue weighted by atomic mass is 16.2. The van der Waals surface area contributed by atoms with Crippen molar-refractivity contribution in [3.8, 4) is 0 Å². The van der Waals surface area contributed by atoms with Crippen molar-refractivity contribution >= 4 is 6.03 Å². The summed E-state index contributed by atoms with van der Waals surface area (Å²) < 4.78 is 0. The molecule has 5 heteroatoms. The standard InChI is InChI=1S/C12H18N4O/c1-15-11(10-3-6-14-7-4-10)9-16(12(15)17)8-2-5-13/h3-4,6-7,11H,2,5,8-9,13H2,1H3. The normalized spacial score (nSPS) is 20.1. The molecule has 17 heavy (non-hydrogen) atoms. The SMILES string of the molecule is CN1C(=O)N(CCCN)CC1c1ccncc1. The van der Waals surface area contributed by atoms with E-state index >= 15 is 0 Å². The number of carbonyl (C=O) groups is 1. The van der Waals surface area contributed by atoms with E-state index in [-0.39, 0.29) is 12.1 Å². The van der Waals surface area contributed by atoms with Gasteiger partial charge in [-0.3, -0.25) is 4.98 Å². The minimum Gasteiger partial charge on any atom is -0.330 e. The third-order valence-corrected chi connectivity index (χ3v) is 3.16. The van der Waals surface area contributed by atoms with Crippen molar-refractivity contribution in [1.82, 2.24) is 14.8 Å².